The van der Waals surface area contributed by atoms with Gasteiger partial charge in [0.05, 0.1) is 0 Å². The molecule has 0 aliphatic carbocycles. The lowest BCUT2D eigenvalue weighted by Gasteiger charge is -2.11. The smallest absolute Gasteiger partial charge is 0.278 e. The molecule has 0 atom stereocenters. The van der Waals surface area contributed by atoms with E-state index >= 15 is 0 Å². The van der Waals surface area contributed by atoms with Crippen molar-refractivity contribution in [1.82, 2.24) is 14.0 Å². The lowest BCUT2D eigenvalue weighted by Crippen LogP contribution is -2.36. The van der Waals surface area contributed by atoms with Crippen molar-refractivity contribution in [2.45, 2.75) is 6.42 Å². The van der Waals surface area contributed by atoms with E-state index in [-0.39, 0.29) is 0 Å². The number of halogens is 1. The Morgan fingerprint density at radius 2 is 2.11 bits per heavy atom. The molecule has 0 aliphatic heterocycles. The predicted molar refractivity (Wildman–Crippen MR) is 77.6 cm³/mol. The number of aromatic nitrogens is 1. The third-order valence-electron chi connectivity index (χ3n) is 2.89. The summed E-state index contributed by atoms with van der Waals surface area (Å²) in [5.74, 6) is 0. The first-order chi connectivity index (χ1) is 8.90. The first-order valence-corrected chi connectivity index (χ1v) is 7.64. The maximum absolute atomic E-state index is 11.6. The summed E-state index contributed by atoms with van der Waals surface area (Å²) in [6, 6.07) is 5.61. The fourth-order valence-corrected chi connectivity index (χ4v) is 2.60. The molecule has 1 aromatic heterocycles. The van der Waals surface area contributed by atoms with E-state index in [0.29, 0.717) is 18.0 Å². The van der Waals surface area contributed by atoms with Crippen molar-refractivity contribution in [3.05, 3.63) is 35.0 Å². The molecule has 2 N–H and O–H groups in total. The SMILES string of the molecule is CN(C)S(=O)(=O)NCCc1c[nH]c2cc(Cl)ccc12. The van der Waals surface area contributed by atoms with Gasteiger partial charge in [-0.15, -0.1) is 0 Å². The number of rotatable bonds is 5. The molecule has 0 bridgehead atoms. The molecule has 1 aromatic carbocycles. The lowest BCUT2D eigenvalue weighted by atomic mass is 10.1. The summed E-state index contributed by atoms with van der Waals surface area (Å²) in [4.78, 5) is 3.13. The van der Waals surface area contributed by atoms with Crippen LogP contribution in [0.3, 0.4) is 0 Å². The summed E-state index contributed by atoms with van der Waals surface area (Å²) in [5.41, 5.74) is 2.02. The number of benzene rings is 1. The van der Waals surface area contributed by atoms with E-state index in [9.17, 15) is 8.42 Å². The minimum atomic E-state index is -3.36. The molecule has 2 aromatic rings. The second-order valence-corrected chi connectivity index (χ2v) is 6.84. The maximum Gasteiger partial charge on any atom is 0.278 e. The molecule has 0 radical (unpaired) electrons. The average molecular weight is 302 g/mol. The fourth-order valence-electron chi connectivity index (χ4n) is 1.81. The highest BCUT2D eigenvalue weighted by atomic mass is 35.5. The minimum absolute atomic E-state index is 0.357. The van der Waals surface area contributed by atoms with Gasteiger partial charge in [0, 0.05) is 42.8 Å². The van der Waals surface area contributed by atoms with Crippen molar-refractivity contribution in [2.75, 3.05) is 20.6 Å². The van der Waals surface area contributed by atoms with Gasteiger partial charge in [-0.1, -0.05) is 17.7 Å². The highest BCUT2D eigenvalue weighted by Gasteiger charge is 2.12. The number of H-pyrrole nitrogens is 1. The fraction of sp³-hybridized carbons (Fsp3) is 0.333. The van der Waals surface area contributed by atoms with Gasteiger partial charge >= 0.3 is 0 Å². The maximum atomic E-state index is 11.6. The predicted octanol–water partition coefficient (Wildman–Crippen LogP) is 1.76. The summed E-state index contributed by atoms with van der Waals surface area (Å²) in [6.45, 7) is 0.357. The Bertz CT molecular complexity index is 679. The Kier molecular flexibility index (Phi) is 4.15. The van der Waals surface area contributed by atoms with Crippen LogP contribution in [0.4, 0.5) is 0 Å². The molecule has 0 saturated heterocycles. The standard InChI is InChI=1S/C12H16ClN3O2S/c1-16(2)19(17,18)15-6-5-9-8-14-12-7-10(13)3-4-11(9)12/h3-4,7-8,14-15H,5-6H2,1-2H3. The molecule has 0 aliphatic rings. The first-order valence-electron chi connectivity index (χ1n) is 5.83. The van der Waals surface area contributed by atoms with Gasteiger partial charge in [-0.3, -0.25) is 0 Å². The molecule has 0 amide bonds. The van der Waals surface area contributed by atoms with Crippen LogP contribution in [0.5, 0.6) is 0 Å². The zero-order valence-electron chi connectivity index (χ0n) is 10.8. The van der Waals surface area contributed by atoms with E-state index in [4.69, 9.17) is 11.6 Å². The van der Waals surface area contributed by atoms with Gasteiger partial charge in [0.2, 0.25) is 0 Å². The highest BCUT2D eigenvalue weighted by Crippen LogP contribution is 2.22. The van der Waals surface area contributed by atoms with Gasteiger partial charge < -0.3 is 4.98 Å². The Balaban J connectivity index is 2.07. The summed E-state index contributed by atoms with van der Waals surface area (Å²) < 4.78 is 26.8. The molecule has 2 rings (SSSR count). The summed E-state index contributed by atoms with van der Waals surface area (Å²) in [5, 5.41) is 1.74. The van der Waals surface area contributed by atoms with E-state index in [2.05, 4.69) is 9.71 Å². The Labute approximate surface area is 117 Å². The van der Waals surface area contributed by atoms with Gasteiger partial charge in [0.1, 0.15) is 0 Å². The van der Waals surface area contributed by atoms with Crippen LogP contribution >= 0.6 is 11.6 Å². The van der Waals surface area contributed by atoms with E-state index in [1.165, 1.54) is 14.1 Å². The van der Waals surface area contributed by atoms with E-state index < -0.39 is 10.2 Å². The molecule has 0 unspecified atom stereocenters. The monoisotopic (exact) mass is 301 g/mol. The largest absolute Gasteiger partial charge is 0.361 e. The summed E-state index contributed by atoms with van der Waals surface area (Å²) in [7, 11) is -0.367. The van der Waals surface area contributed by atoms with Crippen LogP contribution in [0.25, 0.3) is 10.9 Å². The molecular weight excluding hydrogens is 286 g/mol. The van der Waals surface area contributed by atoms with Gasteiger partial charge in [-0.25, -0.2) is 4.72 Å². The van der Waals surface area contributed by atoms with Crippen molar-refractivity contribution >= 4 is 32.7 Å². The molecular formula is C12H16ClN3O2S. The van der Waals surface area contributed by atoms with Crippen molar-refractivity contribution in [3.8, 4) is 0 Å². The van der Waals surface area contributed by atoms with Gasteiger partial charge in [-0.2, -0.15) is 12.7 Å². The average Bonchev–Trinajstić information content (AvgIpc) is 2.71. The number of aromatic amines is 1. The highest BCUT2D eigenvalue weighted by molar-refractivity contribution is 7.87. The van der Waals surface area contributed by atoms with E-state index in [1.54, 1.807) is 0 Å². The molecule has 1 heterocycles. The van der Waals surface area contributed by atoms with Crippen LogP contribution < -0.4 is 4.72 Å². The summed E-state index contributed by atoms with van der Waals surface area (Å²) >= 11 is 5.91. The van der Waals surface area contributed by atoms with Crippen molar-refractivity contribution in [2.24, 2.45) is 0 Å². The molecule has 19 heavy (non-hydrogen) atoms. The van der Waals surface area contributed by atoms with Gasteiger partial charge in [0.15, 0.2) is 0 Å². The van der Waals surface area contributed by atoms with Gasteiger partial charge in [0.25, 0.3) is 10.2 Å². The molecule has 0 fully saturated rings. The van der Waals surface area contributed by atoms with Crippen LogP contribution in [0.15, 0.2) is 24.4 Å². The van der Waals surface area contributed by atoms with E-state index in [0.717, 1.165) is 20.8 Å². The van der Waals surface area contributed by atoms with Crippen molar-refractivity contribution in [3.63, 3.8) is 0 Å². The molecule has 104 valence electrons. The number of fused-ring (bicyclic) bond motifs is 1. The number of nitrogens with one attached hydrogen (secondary N) is 2. The lowest BCUT2D eigenvalue weighted by molar-refractivity contribution is 0.506. The quantitative estimate of drug-likeness (QED) is 0.884. The summed E-state index contributed by atoms with van der Waals surface area (Å²) in [6.07, 6.45) is 2.50. The molecule has 7 heteroatoms. The first kappa shape index (κ1) is 14.3. The van der Waals surface area contributed by atoms with Crippen molar-refractivity contribution < 1.29 is 8.42 Å². The second kappa shape index (κ2) is 5.50. The normalized spacial score (nSPS) is 12.4. The van der Waals surface area contributed by atoms with Crippen LogP contribution in [0, 0.1) is 0 Å². The number of hydrogen-bond acceptors (Lipinski definition) is 2. The Hall–Kier alpha value is -1.08. The topological polar surface area (TPSA) is 65.2 Å². The van der Waals surface area contributed by atoms with Gasteiger partial charge in [-0.05, 0) is 24.1 Å². The molecule has 0 saturated carbocycles. The molecule has 0 spiro atoms. The zero-order chi connectivity index (χ0) is 14.0. The number of hydrogen-bond donors (Lipinski definition) is 2. The Morgan fingerprint density at radius 1 is 1.37 bits per heavy atom. The Morgan fingerprint density at radius 3 is 2.79 bits per heavy atom. The van der Waals surface area contributed by atoms with Crippen LogP contribution in [-0.4, -0.2) is 38.3 Å². The third-order valence-corrected chi connectivity index (χ3v) is 4.65. The molecule has 5 nitrogen and oxygen atoms in total. The van der Waals surface area contributed by atoms with Crippen LogP contribution in [-0.2, 0) is 16.6 Å². The minimum Gasteiger partial charge on any atom is -0.361 e. The zero-order valence-corrected chi connectivity index (χ0v) is 12.3. The van der Waals surface area contributed by atoms with Crippen LogP contribution in [0.1, 0.15) is 5.56 Å². The number of nitrogens with zero attached hydrogens (tertiary/aromatic N) is 1. The van der Waals surface area contributed by atoms with E-state index in [1.807, 2.05) is 24.4 Å². The van der Waals surface area contributed by atoms with Crippen molar-refractivity contribution in [1.29, 1.82) is 0 Å². The second-order valence-electron chi connectivity index (χ2n) is 4.44. The third kappa shape index (κ3) is 3.27. The van der Waals surface area contributed by atoms with Crippen LogP contribution in [0.2, 0.25) is 5.02 Å².